The standard InChI is InChI=1S/C14H13NO3/c1-8-3-4-10(5-9(8)2)13(16)11-6-12(14(17)18)15-7-11/h3-7,15H,1-2H3,(H,17,18). The van der Waals surface area contributed by atoms with Gasteiger partial charge in [0.1, 0.15) is 5.69 Å². The molecule has 1 aromatic carbocycles. The maximum absolute atomic E-state index is 12.1. The molecule has 4 heteroatoms. The van der Waals surface area contributed by atoms with Crippen LogP contribution in [0.5, 0.6) is 0 Å². The molecule has 2 rings (SSSR count). The summed E-state index contributed by atoms with van der Waals surface area (Å²) in [5, 5.41) is 8.79. The summed E-state index contributed by atoms with van der Waals surface area (Å²) in [6.07, 6.45) is 1.42. The van der Waals surface area contributed by atoms with Crippen LogP contribution in [0.3, 0.4) is 0 Å². The fourth-order valence-corrected chi connectivity index (χ4v) is 1.70. The summed E-state index contributed by atoms with van der Waals surface area (Å²) in [6, 6.07) is 6.79. The number of benzene rings is 1. The fraction of sp³-hybridized carbons (Fsp3) is 0.143. The van der Waals surface area contributed by atoms with Gasteiger partial charge < -0.3 is 10.1 Å². The quantitative estimate of drug-likeness (QED) is 0.814. The van der Waals surface area contributed by atoms with Crippen LogP contribution in [0.25, 0.3) is 0 Å². The van der Waals surface area contributed by atoms with Gasteiger partial charge in [0.05, 0.1) is 0 Å². The molecule has 0 saturated carbocycles. The summed E-state index contributed by atoms with van der Waals surface area (Å²) < 4.78 is 0. The number of aryl methyl sites for hydroxylation is 2. The van der Waals surface area contributed by atoms with E-state index in [1.165, 1.54) is 12.3 Å². The Morgan fingerprint density at radius 3 is 2.33 bits per heavy atom. The first-order valence-corrected chi connectivity index (χ1v) is 5.52. The molecule has 0 spiro atoms. The van der Waals surface area contributed by atoms with Gasteiger partial charge in [-0.25, -0.2) is 4.79 Å². The smallest absolute Gasteiger partial charge is 0.352 e. The number of H-pyrrole nitrogens is 1. The highest BCUT2D eigenvalue weighted by molar-refractivity contribution is 6.10. The molecule has 4 nitrogen and oxygen atoms in total. The predicted octanol–water partition coefficient (Wildman–Crippen LogP) is 2.56. The molecule has 18 heavy (non-hydrogen) atoms. The average molecular weight is 243 g/mol. The molecular formula is C14H13NO3. The second-order valence-corrected chi connectivity index (χ2v) is 4.24. The van der Waals surface area contributed by atoms with Crippen LogP contribution in [0.15, 0.2) is 30.5 Å². The van der Waals surface area contributed by atoms with Crippen molar-refractivity contribution in [1.82, 2.24) is 4.98 Å². The molecule has 0 saturated heterocycles. The second-order valence-electron chi connectivity index (χ2n) is 4.24. The highest BCUT2D eigenvalue weighted by atomic mass is 16.4. The van der Waals surface area contributed by atoms with Crippen molar-refractivity contribution in [2.24, 2.45) is 0 Å². The van der Waals surface area contributed by atoms with E-state index in [1.54, 1.807) is 6.07 Å². The molecule has 0 aliphatic heterocycles. The Morgan fingerprint density at radius 1 is 1.06 bits per heavy atom. The first kappa shape index (κ1) is 12.1. The molecule has 2 aromatic rings. The summed E-state index contributed by atoms with van der Waals surface area (Å²) in [5.74, 6) is -1.25. The van der Waals surface area contributed by atoms with E-state index in [2.05, 4.69) is 4.98 Å². The van der Waals surface area contributed by atoms with Crippen molar-refractivity contribution in [2.75, 3.05) is 0 Å². The lowest BCUT2D eigenvalue weighted by Crippen LogP contribution is -2.01. The molecule has 92 valence electrons. The van der Waals surface area contributed by atoms with Crippen molar-refractivity contribution in [3.05, 3.63) is 58.4 Å². The number of hydrogen-bond donors (Lipinski definition) is 2. The van der Waals surface area contributed by atoms with Crippen LogP contribution in [-0.4, -0.2) is 21.8 Å². The molecule has 2 N–H and O–H groups in total. The minimum Gasteiger partial charge on any atom is -0.477 e. The van der Waals surface area contributed by atoms with Gasteiger partial charge in [0.15, 0.2) is 5.78 Å². The van der Waals surface area contributed by atoms with E-state index in [0.29, 0.717) is 11.1 Å². The van der Waals surface area contributed by atoms with E-state index in [0.717, 1.165) is 11.1 Å². The summed E-state index contributed by atoms with van der Waals surface area (Å²) >= 11 is 0. The zero-order valence-electron chi connectivity index (χ0n) is 10.2. The van der Waals surface area contributed by atoms with Crippen molar-refractivity contribution in [1.29, 1.82) is 0 Å². The molecule has 0 amide bonds. The van der Waals surface area contributed by atoms with Crippen LogP contribution < -0.4 is 0 Å². The van der Waals surface area contributed by atoms with Crippen LogP contribution in [0.1, 0.15) is 37.5 Å². The Kier molecular flexibility index (Phi) is 3.02. The zero-order valence-corrected chi connectivity index (χ0v) is 10.2. The molecule has 1 aromatic heterocycles. The zero-order chi connectivity index (χ0) is 13.3. The molecule has 0 radical (unpaired) electrons. The van der Waals surface area contributed by atoms with Gasteiger partial charge in [0.2, 0.25) is 0 Å². The van der Waals surface area contributed by atoms with Crippen molar-refractivity contribution >= 4 is 11.8 Å². The SMILES string of the molecule is Cc1ccc(C(=O)c2c[nH]c(C(=O)O)c2)cc1C. The lowest BCUT2D eigenvalue weighted by atomic mass is 10.0. The predicted molar refractivity (Wildman–Crippen MR) is 67.1 cm³/mol. The second kappa shape index (κ2) is 4.49. The number of carbonyl (C=O) groups excluding carboxylic acids is 1. The Labute approximate surface area is 104 Å². The molecule has 0 atom stereocenters. The first-order valence-electron chi connectivity index (χ1n) is 5.52. The maximum Gasteiger partial charge on any atom is 0.352 e. The van der Waals surface area contributed by atoms with Gasteiger partial charge >= 0.3 is 5.97 Å². The van der Waals surface area contributed by atoms with Gasteiger partial charge in [-0.15, -0.1) is 0 Å². The fourth-order valence-electron chi connectivity index (χ4n) is 1.70. The number of aromatic carboxylic acids is 1. The van der Waals surface area contributed by atoms with Crippen LogP contribution in [-0.2, 0) is 0 Å². The average Bonchev–Trinajstić information content (AvgIpc) is 2.81. The third kappa shape index (κ3) is 2.18. The Hall–Kier alpha value is -2.36. The van der Waals surface area contributed by atoms with Crippen molar-refractivity contribution in [3.8, 4) is 0 Å². The Balaban J connectivity index is 2.35. The van der Waals surface area contributed by atoms with E-state index in [1.807, 2.05) is 26.0 Å². The normalized spacial score (nSPS) is 10.3. The Bertz CT molecular complexity index is 626. The number of rotatable bonds is 3. The molecule has 0 aliphatic carbocycles. The minimum atomic E-state index is -1.07. The largest absolute Gasteiger partial charge is 0.477 e. The first-order chi connectivity index (χ1) is 8.49. The number of nitrogens with one attached hydrogen (secondary N) is 1. The highest BCUT2D eigenvalue weighted by Gasteiger charge is 2.14. The van der Waals surface area contributed by atoms with Gasteiger partial charge in [0, 0.05) is 17.3 Å². The highest BCUT2D eigenvalue weighted by Crippen LogP contribution is 2.15. The summed E-state index contributed by atoms with van der Waals surface area (Å²) in [4.78, 5) is 25.4. The number of ketones is 1. The third-order valence-electron chi connectivity index (χ3n) is 2.94. The van der Waals surface area contributed by atoms with E-state index < -0.39 is 5.97 Å². The number of aromatic nitrogens is 1. The number of aromatic amines is 1. The monoisotopic (exact) mass is 243 g/mol. The number of carbonyl (C=O) groups is 2. The van der Waals surface area contributed by atoms with E-state index in [9.17, 15) is 9.59 Å². The Morgan fingerprint density at radius 2 is 1.78 bits per heavy atom. The minimum absolute atomic E-state index is 0.0159. The molecule has 0 fully saturated rings. The summed E-state index contributed by atoms with van der Waals surface area (Å²) in [6.45, 7) is 3.91. The molecule has 0 bridgehead atoms. The van der Waals surface area contributed by atoms with Gasteiger partial charge in [-0.3, -0.25) is 4.79 Å². The van der Waals surface area contributed by atoms with E-state index in [4.69, 9.17) is 5.11 Å². The topological polar surface area (TPSA) is 70.2 Å². The number of hydrogen-bond acceptors (Lipinski definition) is 2. The van der Waals surface area contributed by atoms with E-state index in [-0.39, 0.29) is 11.5 Å². The van der Waals surface area contributed by atoms with Crippen molar-refractivity contribution < 1.29 is 14.7 Å². The van der Waals surface area contributed by atoms with Gasteiger partial charge in [-0.05, 0) is 37.1 Å². The van der Waals surface area contributed by atoms with E-state index >= 15 is 0 Å². The number of carboxylic acid groups (broad SMARTS) is 1. The van der Waals surface area contributed by atoms with Crippen LogP contribution in [0, 0.1) is 13.8 Å². The van der Waals surface area contributed by atoms with Gasteiger partial charge in [-0.1, -0.05) is 12.1 Å². The molecular weight excluding hydrogens is 230 g/mol. The van der Waals surface area contributed by atoms with Gasteiger partial charge in [-0.2, -0.15) is 0 Å². The number of carboxylic acids is 1. The lowest BCUT2D eigenvalue weighted by molar-refractivity contribution is 0.0691. The molecule has 1 heterocycles. The van der Waals surface area contributed by atoms with Crippen molar-refractivity contribution in [3.63, 3.8) is 0 Å². The summed E-state index contributed by atoms with van der Waals surface area (Å²) in [5.41, 5.74) is 3.09. The third-order valence-corrected chi connectivity index (χ3v) is 2.94. The van der Waals surface area contributed by atoms with Crippen LogP contribution in [0.4, 0.5) is 0 Å². The molecule has 0 unspecified atom stereocenters. The van der Waals surface area contributed by atoms with Crippen molar-refractivity contribution in [2.45, 2.75) is 13.8 Å². The lowest BCUT2D eigenvalue weighted by Gasteiger charge is -2.03. The molecule has 0 aliphatic rings. The van der Waals surface area contributed by atoms with Crippen LogP contribution >= 0.6 is 0 Å². The van der Waals surface area contributed by atoms with Crippen LogP contribution in [0.2, 0.25) is 0 Å². The van der Waals surface area contributed by atoms with Gasteiger partial charge in [0.25, 0.3) is 0 Å². The maximum atomic E-state index is 12.1. The summed E-state index contributed by atoms with van der Waals surface area (Å²) in [7, 11) is 0.